The molecule has 0 saturated heterocycles. The number of esters is 1. The molecule has 7 heteroatoms. The average Bonchev–Trinajstić information content (AvgIpc) is 3.07. The molecule has 0 aliphatic heterocycles. The second kappa shape index (κ2) is 13.2. The van der Waals surface area contributed by atoms with E-state index in [-0.39, 0.29) is 12.1 Å². The number of hydrogen-bond donors (Lipinski definition) is 0. The van der Waals surface area contributed by atoms with Gasteiger partial charge in [-0.3, -0.25) is 4.79 Å². The van der Waals surface area contributed by atoms with Crippen LogP contribution in [0.5, 0.6) is 0 Å². The standard InChI is InChI=1S/C22H37NO4S2/c1-7-9-10-17(8-2)15-26-20(24)11-12-28-19-13-18(29-16-19)14-23(6)21(25)27-22(3,4)5/h13,16-17H,7-12,14-15H2,1-6H3. The molecule has 0 bridgehead atoms. The summed E-state index contributed by atoms with van der Waals surface area (Å²) in [5.41, 5.74) is -0.496. The van der Waals surface area contributed by atoms with Gasteiger partial charge in [0.2, 0.25) is 0 Å². The van der Waals surface area contributed by atoms with Gasteiger partial charge < -0.3 is 14.4 Å². The molecule has 0 aliphatic rings. The molecule has 1 atom stereocenters. The van der Waals surface area contributed by atoms with E-state index in [0.29, 0.717) is 31.2 Å². The third-order valence-corrected chi connectivity index (χ3v) is 6.37. The van der Waals surface area contributed by atoms with Crippen molar-refractivity contribution in [3.63, 3.8) is 0 Å². The van der Waals surface area contributed by atoms with Gasteiger partial charge in [-0.15, -0.1) is 23.1 Å². The zero-order valence-electron chi connectivity index (χ0n) is 18.8. The number of amides is 1. The molecule has 29 heavy (non-hydrogen) atoms. The summed E-state index contributed by atoms with van der Waals surface area (Å²) in [5, 5.41) is 2.06. The van der Waals surface area contributed by atoms with Gasteiger partial charge in [-0.05, 0) is 39.2 Å². The van der Waals surface area contributed by atoms with Crippen LogP contribution in [0, 0.1) is 5.92 Å². The monoisotopic (exact) mass is 443 g/mol. The highest BCUT2D eigenvalue weighted by Gasteiger charge is 2.20. The van der Waals surface area contributed by atoms with Gasteiger partial charge in [0.15, 0.2) is 0 Å². The maximum absolute atomic E-state index is 12.1. The molecule has 0 N–H and O–H groups in total. The van der Waals surface area contributed by atoms with Gasteiger partial charge in [-0.2, -0.15) is 0 Å². The zero-order valence-corrected chi connectivity index (χ0v) is 20.4. The van der Waals surface area contributed by atoms with Gasteiger partial charge >= 0.3 is 12.1 Å². The zero-order chi connectivity index (χ0) is 21.9. The molecule has 1 amide bonds. The molecule has 5 nitrogen and oxygen atoms in total. The van der Waals surface area contributed by atoms with Crippen LogP contribution in [0.3, 0.4) is 0 Å². The summed E-state index contributed by atoms with van der Waals surface area (Å²) in [6.45, 7) is 11.0. The highest BCUT2D eigenvalue weighted by molar-refractivity contribution is 7.99. The maximum Gasteiger partial charge on any atom is 0.410 e. The Hall–Kier alpha value is -1.21. The van der Waals surface area contributed by atoms with Gasteiger partial charge in [-0.25, -0.2) is 4.79 Å². The molecule has 0 saturated carbocycles. The van der Waals surface area contributed by atoms with E-state index in [1.54, 1.807) is 35.0 Å². The lowest BCUT2D eigenvalue weighted by molar-refractivity contribution is -0.144. The number of carbonyl (C=O) groups is 2. The van der Waals surface area contributed by atoms with E-state index in [1.165, 1.54) is 12.8 Å². The normalized spacial score (nSPS) is 12.5. The fourth-order valence-corrected chi connectivity index (χ4v) is 4.61. The molecule has 0 spiro atoms. The highest BCUT2D eigenvalue weighted by Crippen LogP contribution is 2.26. The summed E-state index contributed by atoms with van der Waals surface area (Å²) in [6.07, 6.45) is 4.64. The van der Waals surface area contributed by atoms with Crippen molar-refractivity contribution in [2.24, 2.45) is 5.92 Å². The Bertz CT molecular complexity index is 625. The van der Waals surface area contributed by atoms with Crippen LogP contribution in [-0.4, -0.2) is 42.0 Å². The van der Waals surface area contributed by atoms with E-state index < -0.39 is 5.60 Å². The summed E-state index contributed by atoms with van der Waals surface area (Å²) in [6, 6.07) is 2.07. The Morgan fingerprint density at radius 3 is 2.62 bits per heavy atom. The summed E-state index contributed by atoms with van der Waals surface area (Å²) < 4.78 is 10.8. The smallest absolute Gasteiger partial charge is 0.410 e. The highest BCUT2D eigenvalue weighted by atomic mass is 32.2. The van der Waals surface area contributed by atoms with Crippen LogP contribution in [0.15, 0.2) is 16.3 Å². The van der Waals surface area contributed by atoms with Crippen molar-refractivity contribution in [3.05, 3.63) is 16.3 Å². The van der Waals surface area contributed by atoms with Crippen molar-refractivity contribution in [3.8, 4) is 0 Å². The molecule has 0 fully saturated rings. The van der Waals surface area contributed by atoms with Crippen LogP contribution in [0.25, 0.3) is 0 Å². The predicted molar refractivity (Wildman–Crippen MR) is 122 cm³/mol. The van der Waals surface area contributed by atoms with Crippen LogP contribution in [0.4, 0.5) is 4.79 Å². The summed E-state index contributed by atoms with van der Waals surface area (Å²) in [5.74, 6) is 1.06. The summed E-state index contributed by atoms with van der Waals surface area (Å²) in [7, 11) is 1.74. The number of unbranched alkanes of at least 4 members (excludes halogenated alkanes) is 1. The van der Waals surface area contributed by atoms with Crippen molar-refractivity contribution in [1.82, 2.24) is 4.90 Å². The molecule has 1 unspecified atom stereocenters. The Kier molecular flexibility index (Phi) is 11.7. The largest absolute Gasteiger partial charge is 0.465 e. The number of thioether (sulfide) groups is 1. The van der Waals surface area contributed by atoms with Gasteiger partial charge in [0.05, 0.1) is 19.6 Å². The molecule has 1 rings (SSSR count). The fraction of sp³-hybridized carbons (Fsp3) is 0.727. The minimum atomic E-state index is -0.496. The molecule has 166 valence electrons. The summed E-state index contributed by atoms with van der Waals surface area (Å²) >= 11 is 3.25. The average molecular weight is 444 g/mol. The molecule has 0 radical (unpaired) electrons. The van der Waals surface area contributed by atoms with E-state index in [1.807, 2.05) is 20.8 Å². The molecule has 1 aromatic rings. The Morgan fingerprint density at radius 1 is 1.28 bits per heavy atom. The number of hydrogen-bond acceptors (Lipinski definition) is 6. The number of thiophene rings is 1. The third-order valence-electron chi connectivity index (χ3n) is 4.33. The Labute approximate surface area is 184 Å². The van der Waals surface area contributed by atoms with E-state index in [4.69, 9.17) is 9.47 Å². The molecular formula is C22H37NO4S2. The molecular weight excluding hydrogens is 406 g/mol. The number of ether oxygens (including phenoxy) is 2. The van der Waals surface area contributed by atoms with Crippen molar-refractivity contribution >= 4 is 35.2 Å². The minimum Gasteiger partial charge on any atom is -0.465 e. The van der Waals surface area contributed by atoms with Gasteiger partial charge in [-0.1, -0.05) is 33.1 Å². The minimum absolute atomic E-state index is 0.118. The number of carbonyl (C=O) groups excluding carboxylic acids is 2. The maximum atomic E-state index is 12.1. The van der Waals surface area contributed by atoms with E-state index in [0.717, 1.165) is 22.6 Å². The van der Waals surface area contributed by atoms with Crippen LogP contribution >= 0.6 is 23.1 Å². The first-order valence-electron chi connectivity index (χ1n) is 10.4. The van der Waals surface area contributed by atoms with Gasteiger partial charge in [0, 0.05) is 28.0 Å². The topological polar surface area (TPSA) is 55.8 Å². The molecule has 0 aliphatic carbocycles. The lowest BCUT2D eigenvalue weighted by atomic mass is 10.0. The third kappa shape index (κ3) is 11.5. The Balaban J connectivity index is 2.32. The van der Waals surface area contributed by atoms with Crippen LogP contribution in [0.2, 0.25) is 0 Å². The van der Waals surface area contributed by atoms with Crippen molar-refractivity contribution in [2.75, 3.05) is 19.4 Å². The predicted octanol–water partition coefficient (Wildman–Crippen LogP) is 6.36. The van der Waals surface area contributed by atoms with Gasteiger partial charge in [0.25, 0.3) is 0 Å². The number of rotatable bonds is 12. The van der Waals surface area contributed by atoms with E-state index in [2.05, 4.69) is 25.3 Å². The molecule has 1 aromatic heterocycles. The molecule has 1 heterocycles. The van der Waals surface area contributed by atoms with Crippen molar-refractivity contribution in [1.29, 1.82) is 0 Å². The van der Waals surface area contributed by atoms with Crippen molar-refractivity contribution in [2.45, 2.75) is 83.8 Å². The first-order valence-corrected chi connectivity index (χ1v) is 12.3. The lowest BCUT2D eigenvalue weighted by Gasteiger charge is -2.24. The van der Waals surface area contributed by atoms with Crippen LogP contribution < -0.4 is 0 Å². The van der Waals surface area contributed by atoms with E-state index in [9.17, 15) is 9.59 Å². The second-order valence-electron chi connectivity index (χ2n) is 8.28. The summed E-state index contributed by atoms with van der Waals surface area (Å²) in [4.78, 5) is 27.8. The van der Waals surface area contributed by atoms with Crippen LogP contribution in [-0.2, 0) is 20.8 Å². The van der Waals surface area contributed by atoms with Crippen molar-refractivity contribution < 1.29 is 19.1 Å². The first kappa shape index (κ1) is 25.8. The number of nitrogens with zero attached hydrogens (tertiary/aromatic N) is 1. The quantitative estimate of drug-likeness (QED) is 0.278. The fourth-order valence-electron chi connectivity index (χ4n) is 2.59. The SMILES string of the molecule is CCCCC(CC)COC(=O)CCSc1csc(CN(C)C(=O)OC(C)(C)C)c1. The Morgan fingerprint density at radius 2 is 2.00 bits per heavy atom. The first-order chi connectivity index (χ1) is 13.6. The second-order valence-corrected chi connectivity index (χ2v) is 10.4. The lowest BCUT2D eigenvalue weighted by Crippen LogP contribution is -2.33. The van der Waals surface area contributed by atoms with E-state index >= 15 is 0 Å². The molecule has 0 aromatic carbocycles. The van der Waals surface area contributed by atoms with Crippen LogP contribution in [0.1, 0.15) is 71.6 Å². The van der Waals surface area contributed by atoms with Gasteiger partial charge in [0.1, 0.15) is 5.60 Å².